The van der Waals surface area contributed by atoms with Crippen molar-refractivity contribution in [2.45, 2.75) is 25.6 Å². The third-order valence-corrected chi connectivity index (χ3v) is 4.75. The van der Waals surface area contributed by atoms with Gasteiger partial charge in [-0.25, -0.2) is 12.7 Å². The van der Waals surface area contributed by atoms with Gasteiger partial charge in [0.05, 0.1) is 5.75 Å². The molecule has 0 unspecified atom stereocenters. The van der Waals surface area contributed by atoms with Gasteiger partial charge in [-0.05, 0) is 24.1 Å². The lowest BCUT2D eigenvalue weighted by Crippen LogP contribution is -2.28. The first-order valence-electron chi connectivity index (χ1n) is 6.83. The predicted octanol–water partition coefficient (Wildman–Crippen LogP) is 2.13. The van der Waals surface area contributed by atoms with Crippen LogP contribution in [0.2, 0.25) is 0 Å². The molecule has 0 spiro atoms. The molecule has 5 heteroatoms. The fraction of sp³-hybridized carbons (Fsp3) is 0.467. The molecule has 0 aromatic heterocycles. The predicted molar refractivity (Wildman–Crippen MR) is 83.9 cm³/mol. The number of benzene rings is 1. The Bertz CT molecular complexity index is 526. The normalized spacial score (nSPS) is 11.8. The van der Waals surface area contributed by atoms with Crippen molar-refractivity contribution in [3.8, 4) is 0 Å². The van der Waals surface area contributed by atoms with Crippen molar-refractivity contribution >= 4 is 10.0 Å². The first-order chi connectivity index (χ1) is 9.49. The minimum Gasteiger partial charge on any atom is -0.313 e. The Kier molecular flexibility index (Phi) is 6.91. The van der Waals surface area contributed by atoms with Gasteiger partial charge >= 0.3 is 0 Å². The molecule has 4 nitrogen and oxygen atoms in total. The molecule has 1 aromatic rings. The van der Waals surface area contributed by atoms with Gasteiger partial charge in [-0.15, -0.1) is 6.58 Å². The summed E-state index contributed by atoms with van der Waals surface area (Å²) in [5.74, 6) is 0.0267. The van der Waals surface area contributed by atoms with Gasteiger partial charge in [-0.2, -0.15) is 0 Å². The van der Waals surface area contributed by atoms with Crippen LogP contribution < -0.4 is 5.32 Å². The van der Waals surface area contributed by atoms with Gasteiger partial charge in [0.15, 0.2) is 0 Å². The summed E-state index contributed by atoms with van der Waals surface area (Å²) >= 11 is 0. The van der Waals surface area contributed by atoms with E-state index in [9.17, 15) is 8.42 Å². The second kappa shape index (κ2) is 8.19. The number of nitrogens with one attached hydrogen (secondary N) is 1. The van der Waals surface area contributed by atoms with Gasteiger partial charge in [0.25, 0.3) is 0 Å². The molecular formula is C15H24N2O2S. The second-order valence-electron chi connectivity index (χ2n) is 4.82. The van der Waals surface area contributed by atoms with Crippen LogP contribution in [0.4, 0.5) is 0 Å². The average molecular weight is 296 g/mol. The highest BCUT2D eigenvalue weighted by Gasteiger charge is 2.17. The van der Waals surface area contributed by atoms with Crippen molar-refractivity contribution in [2.75, 3.05) is 20.1 Å². The van der Waals surface area contributed by atoms with Gasteiger partial charge in [-0.3, -0.25) is 0 Å². The molecule has 1 rings (SSSR count). The molecule has 1 aromatic carbocycles. The lowest BCUT2D eigenvalue weighted by atomic mass is 10.1. The van der Waals surface area contributed by atoms with Gasteiger partial charge in [0.1, 0.15) is 0 Å². The van der Waals surface area contributed by atoms with E-state index in [1.54, 1.807) is 13.1 Å². The van der Waals surface area contributed by atoms with Crippen molar-refractivity contribution in [3.63, 3.8) is 0 Å². The van der Waals surface area contributed by atoms with Crippen LogP contribution in [0.1, 0.15) is 24.5 Å². The van der Waals surface area contributed by atoms with E-state index in [0.29, 0.717) is 6.54 Å². The highest BCUT2D eigenvalue weighted by atomic mass is 32.2. The van der Waals surface area contributed by atoms with Crippen LogP contribution in [-0.2, 0) is 22.3 Å². The largest absolute Gasteiger partial charge is 0.313 e. The van der Waals surface area contributed by atoms with Crippen LogP contribution in [0.5, 0.6) is 0 Å². The van der Waals surface area contributed by atoms with Gasteiger partial charge < -0.3 is 5.32 Å². The van der Waals surface area contributed by atoms with Crippen LogP contribution in [-0.4, -0.2) is 32.9 Å². The SMILES string of the molecule is C=CCN(C)S(=O)(=O)Cc1cccc(CNCCC)c1. The van der Waals surface area contributed by atoms with Gasteiger partial charge in [0, 0.05) is 20.1 Å². The molecule has 0 saturated carbocycles. The third kappa shape index (κ3) is 5.45. The first kappa shape index (κ1) is 16.9. The molecule has 0 radical (unpaired) electrons. The molecule has 0 aliphatic rings. The van der Waals surface area contributed by atoms with E-state index >= 15 is 0 Å². The monoisotopic (exact) mass is 296 g/mol. The van der Waals surface area contributed by atoms with E-state index in [-0.39, 0.29) is 5.75 Å². The number of hydrogen-bond donors (Lipinski definition) is 1. The second-order valence-corrected chi connectivity index (χ2v) is 6.90. The molecule has 0 aliphatic carbocycles. The zero-order valence-electron chi connectivity index (χ0n) is 12.3. The summed E-state index contributed by atoms with van der Waals surface area (Å²) in [7, 11) is -1.70. The fourth-order valence-corrected chi connectivity index (χ4v) is 3.01. The van der Waals surface area contributed by atoms with Crippen molar-refractivity contribution in [1.29, 1.82) is 0 Å². The Labute approximate surface area is 122 Å². The van der Waals surface area contributed by atoms with E-state index in [1.165, 1.54) is 4.31 Å². The van der Waals surface area contributed by atoms with Crippen molar-refractivity contribution in [2.24, 2.45) is 0 Å². The Morgan fingerprint density at radius 2 is 2.05 bits per heavy atom. The topological polar surface area (TPSA) is 49.4 Å². The summed E-state index contributed by atoms with van der Waals surface area (Å²) in [4.78, 5) is 0. The smallest absolute Gasteiger partial charge is 0.218 e. The van der Waals surface area contributed by atoms with Crippen LogP contribution in [0.3, 0.4) is 0 Å². The van der Waals surface area contributed by atoms with E-state index in [2.05, 4.69) is 18.8 Å². The van der Waals surface area contributed by atoms with E-state index < -0.39 is 10.0 Å². The third-order valence-electron chi connectivity index (χ3n) is 2.96. The average Bonchev–Trinajstić information content (AvgIpc) is 2.39. The molecule has 0 saturated heterocycles. The van der Waals surface area contributed by atoms with Crippen LogP contribution >= 0.6 is 0 Å². The summed E-state index contributed by atoms with van der Waals surface area (Å²) in [5.41, 5.74) is 1.93. The first-order valence-corrected chi connectivity index (χ1v) is 8.44. The maximum absolute atomic E-state index is 12.1. The van der Waals surface area contributed by atoms with Crippen LogP contribution in [0, 0.1) is 0 Å². The summed E-state index contributed by atoms with van der Waals surface area (Å²) in [5, 5.41) is 3.31. The standard InChI is InChI=1S/C15H24N2O2S/c1-4-9-16-12-14-7-6-8-15(11-14)13-20(18,19)17(3)10-5-2/h5-8,11,16H,2,4,9-10,12-13H2,1,3H3. The van der Waals surface area contributed by atoms with Gasteiger partial charge in [0.2, 0.25) is 10.0 Å². The minimum atomic E-state index is -3.28. The number of likely N-dealkylation sites (N-methyl/N-ethyl adjacent to an activating group) is 1. The summed E-state index contributed by atoms with van der Waals surface area (Å²) < 4.78 is 25.6. The summed E-state index contributed by atoms with van der Waals surface area (Å²) in [6.07, 6.45) is 2.67. The molecule has 0 heterocycles. The molecular weight excluding hydrogens is 272 g/mol. The Morgan fingerprint density at radius 1 is 1.35 bits per heavy atom. The zero-order valence-corrected chi connectivity index (χ0v) is 13.1. The molecule has 0 aliphatic heterocycles. The molecule has 0 amide bonds. The minimum absolute atomic E-state index is 0.0267. The Balaban J connectivity index is 2.72. The number of hydrogen-bond acceptors (Lipinski definition) is 3. The molecule has 112 valence electrons. The van der Waals surface area contributed by atoms with Crippen molar-refractivity contribution in [3.05, 3.63) is 48.0 Å². The van der Waals surface area contributed by atoms with E-state index in [0.717, 1.165) is 30.6 Å². The number of sulfonamides is 1. The summed E-state index contributed by atoms with van der Waals surface area (Å²) in [6, 6.07) is 7.71. The van der Waals surface area contributed by atoms with E-state index in [4.69, 9.17) is 0 Å². The van der Waals surface area contributed by atoms with Gasteiger partial charge in [-0.1, -0.05) is 37.3 Å². The number of nitrogens with zero attached hydrogens (tertiary/aromatic N) is 1. The lowest BCUT2D eigenvalue weighted by molar-refractivity contribution is 0.498. The Hall–Kier alpha value is -1.17. The zero-order chi connectivity index (χ0) is 15.0. The molecule has 0 atom stereocenters. The van der Waals surface area contributed by atoms with E-state index in [1.807, 2.05) is 24.3 Å². The lowest BCUT2D eigenvalue weighted by Gasteiger charge is -2.15. The maximum atomic E-state index is 12.1. The fourth-order valence-electron chi connectivity index (χ4n) is 1.86. The molecule has 1 N–H and O–H groups in total. The van der Waals surface area contributed by atoms with Crippen LogP contribution in [0.15, 0.2) is 36.9 Å². The number of rotatable bonds is 9. The quantitative estimate of drug-likeness (QED) is 0.561. The van der Waals surface area contributed by atoms with Crippen LogP contribution in [0.25, 0.3) is 0 Å². The van der Waals surface area contributed by atoms with Crippen molar-refractivity contribution in [1.82, 2.24) is 9.62 Å². The molecule has 20 heavy (non-hydrogen) atoms. The maximum Gasteiger partial charge on any atom is 0.218 e. The Morgan fingerprint density at radius 3 is 2.70 bits per heavy atom. The highest BCUT2D eigenvalue weighted by Crippen LogP contribution is 2.12. The van der Waals surface area contributed by atoms with Crippen molar-refractivity contribution < 1.29 is 8.42 Å². The highest BCUT2D eigenvalue weighted by molar-refractivity contribution is 7.88. The summed E-state index contributed by atoms with van der Waals surface area (Å²) in [6.45, 7) is 7.74. The molecule has 0 fully saturated rings. The molecule has 0 bridgehead atoms.